The molecule has 0 bridgehead atoms. The molecule has 24 heavy (non-hydrogen) atoms. The third-order valence-corrected chi connectivity index (χ3v) is 4.14. The largest absolute Gasteiger partial charge is 0.488 e. The molecule has 1 fully saturated rings. The number of ether oxygens (including phenoxy) is 1. The number of hydrogen-bond acceptors (Lipinski definition) is 4. The summed E-state index contributed by atoms with van der Waals surface area (Å²) in [5, 5.41) is 0. The first-order valence-corrected chi connectivity index (χ1v) is 8.20. The standard InChI is InChI=1S/C19H21NO4/c1-14-11-17(12-19(22)23-14)24-16-9-10-20(13-16)18(21)8-7-15-5-3-2-4-6-15/h2-6,11-12,16H,7-10,13H2,1H3. The Hall–Kier alpha value is -2.56. The zero-order valence-corrected chi connectivity index (χ0v) is 13.7. The lowest BCUT2D eigenvalue weighted by Crippen LogP contribution is -2.31. The van der Waals surface area contributed by atoms with Crippen LogP contribution < -0.4 is 10.4 Å². The average Bonchev–Trinajstić information content (AvgIpc) is 3.01. The molecule has 0 spiro atoms. The molecule has 1 aliphatic rings. The number of likely N-dealkylation sites (tertiary alicyclic amines) is 1. The summed E-state index contributed by atoms with van der Waals surface area (Å²) in [6.45, 7) is 2.97. The highest BCUT2D eigenvalue weighted by atomic mass is 16.5. The van der Waals surface area contributed by atoms with Gasteiger partial charge in [-0.2, -0.15) is 0 Å². The molecule has 1 aromatic heterocycles. The van der Waals surface area contributed by atoms with E-state index in [1.165, 1.54) is 11.6 Å². The van der Waals surface area contributed by atoms with Crippen LogP contribution in [-0.2, 0) is 11.2 Å². The fourth-order valence-corrected chi connectivity index (χ4v) is 2.94. The van der Waals surface area contributed by atoms with Crippen LogP contribution in [0.4, 0.5) is 0 Å². The maximum atomic E-state index is 12.3. The van der Waals surface area contributed by atoms with E-state index in [1.807, 2.05) is 35.2 Å². The molecule has 126 valence electrons. The van der Waals surface area contributed by atoms with Gasteiger partial charge in [0.15, 0.2) is 0 Å². The van der Waals surface area contributed by atoms with Crippen LogP contribution in [0.15, 0.2) is 51.7 Å². The van der Waals surface area contributed by atoms with Crippen LogP contribution in [0, 0.1) is 6.92 Å². The molecule has 3 rings (SSSR count). The molecular formula is C19H21NO4. The second-order valence-electron chi connectivity index (χ2n) is 6.08. The third kappa shape index (κ3) is 4.25. The van der Waals surface area contributed by atoms with E-state index in [1.54, 1.807) is 13.0 Å². The van der Waals surface area contributed by atoms with E-state index in [-0.39, 0.29) is 12.0 Å². The van der Waals surface area contributed by atoms with Gasteiger partial charge < -0.3 is 14.1 Å². The van der Waals surface area contributed by atoms with E-state index < -0.39 is 5.63 Å². The summed E-state index contributed by atoms with van der Waals surface area (Å²) >= 11 is 0. The van der Waals surface area contributed by atoms with E-state index in [2.05, 4.69) is 0 Å². The molecule has 1 atom stereocenters. The molecule has 1 aromatic carbocycles. The van der Waals surface area contributed by atoms with Crippen LogP contribution in [-0.4, -0.2) is 30.0 Å². The molecule has 5 nitrogen and oxygen atoms in total. The van der Waals surface area contributed by atoms with Gasteiger partial charge in [0.1, 0.15) is 17.6 Å². The molecule has 5 heteroatoms. The molecule has 0 aliphatic carbocycles. The summed E-state index contributed by atoms with van der Waals surface area (Å²) in [6.07, 6.45) is 1.95. The van der Waals surface area contributed by atoms with Crippen LogP contribution >= 0.6 is 0 Å². The summed E-state index contributed by atoms with van der Waals surface area (Å²) in [5.74, 6) is 1.17. The number of carbonyl (C=O) groups excluding carboxylic acids is 1. The van der Waals surface area contributed by atoms with Gasteiger partial charge in [0.05, 0.1) is 12.6 Å². The van der Waals surface area contributed by atoms with Gasteiger partial charge in [0.25, 0.3) is 0 Å². The van der Waals surface area contributed by atoms with Crippen molar-refractivity contribution in [1.82, 2.24) is 4.90 Å². The zero-order chi connectivity index (χ0) is 16.9. The van der Waals surface area contributed by atoms with Crippen molar-refractivity contribution in [2.24, 2.45) is 0 Å². The Morgan fingerprint density at radius 3 is 2.83 bits per heavy atom. The van der Waals surface area contributed by atoms with Crippen molar-refractivity contribution in [3.05, 3.63) is 64.2 Å². The molecule has 2 aromatic rings. The van der Waals surface area contributed by atoms with Crippen LogP contribution in [0.1, 0.15) is 24.2 Å². The van der Waals surface area contributed by atoms with E-state index in [0.717, 1.165) is 12.8 Å². The van der Waals surface area contributed by atoms with Gasteiger partial charge in [0.2, 0.25) is 5.91 Å². The lowest BCUT2D eigenvalue weighted by atomic mass is 10.1. The van der Waals surface area contributed by atoms with Gasteiger partial charge in [-0.15, -0.1) is 0 Å². The predicted molar refractivity (Wildman–Crippen MR) is 90.1 cm³/mol. The van der Waals surface area contributed by atoms with Crippen molar-refractivity contribution in [2.75, 3.05) is 13.1 Å². The van der Waals surface area contributed by atoms with Crippen LogP contribution in [0.3, 0.4) is 0 Å². The number of aryl methyl sites for hydroxylation is 2. The average molecular weight is 327 g/mol. The Bertz CT molecular complexity index is 753. The van der Waals surface area contributed by atoms with Crippen molar-refractivity contribution >= 4 is 5.91 Å². The quantitative estimate of drug-likeness (QED) is 0.847. The summed E-state index contributed by atoms with van der Waals surface area (Å²) < 4.78 is 10.7. The normalized spacial score (nSPS) is 17.0. The summed E-state index contributed by atoms with van der Waals surface area (Å²) in [6, 6.07) is 13.0. The number of rotatable bonds is 5. The first-order chi connectivity index (χ1) is 11.6. The topological polar surface area (TPSA) is 59.8 Å². The summed E-state index contributed by atoms with van der Waals surface area (Å²) in [4.78, 5) is 25.5. The lowest BCUT2D eigenvalue weighted by Gasteiger charge is -2.17. The minimum atomic E-state index is -0.418. The van der Waals surface area contributed by atoms with Gasteiger partial charge in [-0.3, -0.25) is 4.79 Å². The predicted octanol–water partition coefficient (Wildman–Crippen LogP) is 2.56. The van der Waals surface area contributed by atoms with Crippen molar-refractivity contribution in [3.8, 4) is 5.75 Å². The molecule has 2 heterocycles. The highest BCUT2D eigenvalue weighted by Gasteiger charge is 2.27. The fraction of sp³-hybridized carbons (Fsp3) is 0.368. The van der Waals surface area contributed by atoms with Gasteiger partial charge in [-0.25, -0.2) is 4.79 Å². The van der Waals surface area contributed by atoms with Gasteiger partial charge >= 0.3 is 5.63 Å². The van der Waals surface area contributed by atoms with E-state index in [9.17, 15) is 9.59 Å². The van der Waals surface area contributed by atoms with Crippen LogP contribution in [0.5, 0.6) is 5.75 Å². The second-order valence-corrected chi connectivity index (χ2v) is 6.08. The Balaban J connectivity index is 1.51. The molecule has 0 radical (unpaired) electrons. The Kier molecular flexibility index (Phi) is 4.99. The van der Waals surface area contributed by atoms with Crippen LogP contribution in [0.2, 0.25) is 0 Å². The smallest absolute Gasteiger partial charge is 0.339 e. The van der Waals surface area contributed by atoms with Crippen LogP contribution in [0.25, 0.3) is 0 Å². The number of benzene rings is 1. The first-order valence-electron chi connectivity index (χ1n) is 8.20. The molecule has 1 unspecified atom stereocenters. The maximum absolute atomic E-state index is 12.3. The van der Waals surface area contributed by atoms with Crippen molar-refractivity contribution < 1.29 is 13.9 Å². The molecule has 0 N–H and O–H groups in total. The fourth-order valence-electron chi connectivity index (χ4n) is 2.94. The third-order valence-electron chi connectivity index (χ3n) is 4.14. The number of nitrogens with zero attached hydrogens (tertiary/aromatic N) is 1. The lowest BCUT2D eigenvalue weighted by molar-refractivity contribution is -0.130. The van der Waals surface area contributed by atoms with Gasteiger partial charge in [0, 0.05) is 25.5 Å². The zero-order valence-electron chi connectivity index (χ0n) is 13.7. The van der Waals surface area contributed by atoms with E-state index >= 15 is 0 Å². The SMILES string of the molecule is Cc1cc(OC2CCN(C(=O)CCc3ccccc3)C2)cc(=O)o1. The maximum Gasteiger partial charge on any atom is 0.339 e. The number of hydrogen-bond donors (Lipinski definition) is 0. The Morgan fingerprint density at radius 2 is 2.08 bits per heavy atom. The van der Waals surface area contributed by atoms with Crippen molar-refractivity contribution in [3.63, 3.8) is 0 Å². The minimum absolute atomic E-state index is 0.0770. The molecular weight excluding hydrogens is 306 g/mol. The molecule has 1 saturated heterocycles. The highest BCUT2D eigenvalue weighted by molar-refractivity contribution is 5.76. The summed E-state index contributed by atoms with van der Waals surface area (Å²) in [7, 11) is 0. The monoisotopic (exact) mass is 327 g/mol. The number of carbonyl (C=O) groups is 1. The first kappa shape index (κ1) is 16.3. The summed E-state index contributed by atoms with van der Waals surface area (Å²) in [5.41, 5.74) is 0.753. The highest BCUT2D eigenvalue weighted by Crippen LogP contribution is 2.19. The Morgan fingerprint density at radius 1 is 1.29 bits per heavy atom. The second kappa shape index (κ2) is 7.34. The van der Waals surface area contributed by atoms with Gasteiger partial charge in [-0.1, -0.05) is 30.3 Å². The Labute approximate surface area is 140 Å². The van der Waals surface area contributed by atoms with Crippen molar-refractivity contribution in [2.45, 2.75) is 32.3 Å². The molecule has 1 amide bonds. The van der Waals surface area contributed by atoms with E-state index in [0.29, 0.717) is 31.0 Å². The molecule has 0 saturated carbocycles. The minimum Gasteiger partial charge on any atom is -0.488 e. The number of amides is 1. The van der Waals surface area contributed by atoms with Gasteiger partial charge in [-0.05, 0) is 18.9 Å². The van der Waals surface area contributed by atoms with E-state index in [4.69, 9.17) is 9.15 Å². The van der Waals surface area contributed by atoms with Crippen molar-refractivity contribution in [1.29, 1.82) is 0 Å². The molecule has 1 aliphatic heterocycles.